The molecular weight excluding hydrogens is 302 g/mol. The second kappa shape index (κ2) is 5.16. The van der Waals surface area contributed by atoms with Gasteiger partial charge in [0.05, 0.1) is 6.54 Å². The average molecular weight is 324 g/mol. The maximum Gasteiger partial charge on any atom is 0.189 e. The summed E-state index contributed by atoms with van der Waals surface area (Å²) in [6, 6.07) is 8.51. The van der Waals surface area contributed by atoms with Gasteiger partial charge in [0, 0.05) is 15.4 Å². The predicted octanol–water partition coefficient (Wildman–Crippen LogP) is 3.18. The molecule has 0 amide bonds. The second-order valence-electron chi connectivity index (χ2n) is 6.37. The molecule has 1 saturated carbocycles. The van der Waals surface area contributed by atoms with Crippen molar-refractivity contribution in [2.75, 3.05) is 6.54 Å². The third kappa shape index (κ3) is 3.96. The number of benzene rings is 1. The number of nitrogens with two attached hydrogens (primary N) is 1. The van der Waals surface area contributed by atoms with Crippen molar-refractivity contribution in [3.8, 4) is 0 Å². The van der Waals surface area contributed by atoms with E-state index in [4.69, 9.17) is 5.73 Å². The fourth-order valence-electron chi connectivity index (χ4n) is 2.17. The van der Waals surface area contributed by atoms with Gasteiger partial charge < -0.3 is 11.1 Å². The summed E-state index contributed by atoms with van der Waals surface area (Å²) < 4.78 is 1.13. The Labute approximate surface area is 123 Å². The summed E-state index contributed by atoms with van der Waals surface area (Å²) >= 11 is 3.53. The van der Waals surface area contributed by atoms with Crippen molar-refractivity contribution in [2.45, 2.75) is 44.6 Å². The van der Waals surface area contributed by atoms with Crippen molar-refractivity contribution >= 4 is 21.9 Å². The van der Waals surface area contributed by atoms with Crippen LogP contribution in [0, 0.1) is 0 Å². The van der Waals surface area contributed by atoms with Gasteiger partial charge in [0.2, 0.25) is 0 Å². The lowest BCUT2D eigenvalue weighted by Gasteiger charge is -2.22. The van der Waals surface area contributed by atoms with Crippen LogP contribution in [0.5, 0.6) is 0 Å². The van der Waals surface area contributed by atoms with Gasteiger partial charge in [0.15, 0.2) is 5.96 Å². The SMILES string of the molecule is CC(C)(C)NC(N)=NCC1(c2cccc(Br)c2)CC1. The van der Waals surface area contributed by atoms with E-state index in [0.29, 0.717) is 5.96 Å². The first kappa shape index (κ1) is 14.4. The highest BCUT2D eigenvalue weighted by Crippen LogP contribution is 2.48. The van der Waals surface area contributed by atoms with E-state index in [1.165, 1.54) is 18.4 Å². The van der Waals surface area contributed by atoms with Crippen LogP contribution in [-0.4, -0.2) is 18.0 Å². The highest BCUT2D eigenvalue weighted by molar-refractivity contribution is 9.10. The lowest BCUT2D eigenvalue weighted by Crippen LogP contribution is -2.45. The van der Waals surface area contributed by atoms with Crippen LogP contribution < -0.4 is 11.1 Å². The minimum absolute atomic E-state index is 0.0416. The maximum atomic E-state index is 5.93. The summed E-state index contributed by atoms with van der Waals surface area (Å²) in [5.74, 6) is 0.536. The molecule has 2 rings (SSSR count). The molecule has 0 heterocycles. The molecule has 0 aromatic heterocycles. The Kier molecular flexibility index (Phi) is 3.90. The first-order chi connectivity index (χ1) is 8.81. The molecule has 3 N–H and O–H groups in total. The van der Waals surface area contributed by atoms with Gasteiger partial charge in [0.1, 0.15) is 0 Å². The minimum Gasteiger partial charge on any atom is -0.370 e. The summed E-state index contributed by atoms with van der Waals surface area (Å²) in [6.45, 7) is 7.00. The quantitative estimate of drug-likeness (QED) is 0.663. The number of aliphatic imine (C=N–C) groups is 1. The molecule has 1 aromatic rings. The van der Waals surface area contributed by atoms with Gasteiger partial charge in [-0.25, -0.2) is 0 Å². The Balaban J connectivity index is 2.05. The number of halogens is 1. The van der Waals surface area contributed by atoms with Crippen LogP contribution >= 0.6 is 15.9 Å². The van der Waals surface area contributed by atoms with E-state index in [1.807, 2.05) is 0 Å². The average Bonchev–Trinajstić information content (AvgIpc) is 3.05. The van der Waals surface area contributed by atoms with E-state index in [1.54, 1.807) is 0 Å². The summed E-state index contributed by atoms with van der Waals surface area (Å²) in [4.78, 5) is 4.52. The zero-order valence-electron chi connectivity index (χ0n) is 11.8. The standard InChI is InChI=1S/C15H22BrN3/c1-14(2,3)19-13(17)18-10-15(7-8-15)11-5-4-6-12(16)9-11/h4-6,9H,7-8,10H2,1-3H3,(H3,17,18,19). The molecular formula is C15H22BrN3. The second-order valence-corrected chi connectivity index (χ2v) is 7.28. The summed E-state index contributed by atoms with van der Waals surface area (Å²) in [7, 11) is 0. The number of rotatable bonds is 3. The minimum atomic E-state index is -0.0416. The Bertz CT molecular complexity index is 484. The van der Waals surface area contributed by atoms with Crippen LogP contribution in [0.1, 0.15) is 39.2 Å². The molecule has 1 fully saturated rings. The van der Waals surface area contributed by atoms with Gasteiger partial charge in [0.25, 0.3) is 0 Å². The Morgan fingerprint density at radius 2 is 2.11 bits per heavy atom. The molecule has 0 spiro atoms. The Hall–Kier alpha value is -1.03. The van der Waals surface area contributed by atoms with Crippen molar-refractivity contribution < 1.29 is 0 Å². The highest BCUT2D eigenvalue weighted by atomic mass is 79.9. The van der Waals surface area contributed by atoms with Gasteiger partial charge in [-0.15, -0.1) is 0 Å². The van der Waals surface area contributed by atoms with E-state index in [-0.39, 0.29) is 11.0 Å². The molecule has 4 heteroatoms. The number of hydrogen-bond acceptors (Lipinski definition) is 1. The number of hydrogen-bond donors (Lipinski definition) is 2. The van der Waals surface area contributed by atoms with Crippen molar-refractivity contribution in [1.82, 2.24) is 5.32 Å². The predicted molar refractivity (Wildman–Crippen MR) is 84.4 cm³/mol. The van der Waals surface area contributed by atoms with E-state index in [9.17, 15) is 0 Å². The first-order valence-corrected chi connectivity index (χ1v) is 7.44. The highest BCUT2D eigenvalue weighted by Gasteiger charge is 2.44. The molecule has 1 aliphatic carbocycles. The number of nitrogens with zero attached hydrogens (tertiary/aromatic N) is 1. The van der Waals surface area contributed by atoms with E-state index in [2.05, 4.69) is 71.3 Å². The van der Waals surface area contributed by atoms with Gasteiger partial charge in [-0.1, -0.05) is 28.1 Å². The van der Waals surface area contributed by atoms with Crippen LogP contribution in [0.3, 0.4) is 0 Å². The molecule has 1 aromatic carbocycles. The van der Waals surface area contributed by atoms with E-state index < -0.39 is 0 Å². The van der Waals surface area contributed by atoms with Crippen LogP contribution in [0.2, 0.25) is 0 Å². The Morgan fingerprint density at radius 3 is 2.63 bits per heavy atom. The normalized spacial score (nSPS) is 18.2. The molecule has 0 atom stereocenters. The summed E-state index contributed by atoms with van der Waals surface area (Å²) in [6.07, 6.45) is 2.38. The molecule has 0 saturated heterocycles. The molecule has 0 radical (unpaired) electrons. The lowest BCUT2D eigenvalue weighted by atomic mass is 9.96. The maximum absolute atomic E-state index is 5.93. The molecule has 1 aliphatic rings. The van der Waals surface area contributed by atoms with Gasteiger partial charge in [-0.3, -0.25) is 4.99 Å². The lowest BCUT2D eigenvalue weighted by molar-refractivity contribution is 0.507. The van der Waals surface area contributed by atoms with Crippen molar-refractivity contribution in [1.29, 1.82) is 0 Å². The van der Waals surface area contributed by atoms with E-state index >= 15 is 0 Å². The van der Waals surface area contributed by atoms with Crippen molar-refractivity contribution in [3.05, 3.63) is 34.3 Å². The molecule has 104 valence electrons. The molecule has 3 nitrogen and oxygen atoms in total. The van der Waals surface area contributed by atoms with Crippen LogP contribution in [-0.2, 0) is 5.41 Å². The van der Waals surface area contributed by atoms with Crippen LogP contribution in [0.15, 0.2) is 33.7 Å². The van der Waals surface area contributed by atoms with Crippen molar-refractivity contribution in [2.24, 2.45) is 10.7 Å². The van der Waals surface area contributed by atoms with Crippen LogP contribution in [0.4, 0.5) is 0 Å². The fourth-order valence-corrected chi connectivity index (χ4v) is 2.57. The third-order valence-corrected chi connectivity index (χ3v) is 3.84. The largest absolute Gasteiger partial charge is 0.370 e. The fraction of sp³-hybridized carbons (Fsp3) is 0.533. The molecule has 0 unspecified atom stereocenters. The molecule has 0 bridgehead atoms. The van der Waals surface area contributed by atoms with Gasteiger partial charge in [-0.05, 0) is 51.3 Å². The smallest absolute Gasteiger partial charge is 0.189 e. The Morgan fingerprint density at radius 1 is 1.42 bits per heavy atom. The zero-order chi connectivity index (χ0) is 14.1. The third-order valence-electron chi connectivity index (χ3n) is 3.35. The molecule has 0 aliphatic heterocycles. The van der Waals surface area contributed by atoms with Crippen LogP contribution in [0.25, 0.3) is 0 Å². The zero-order valence-corrected chi connectivity index (χ0v) is 13.4. The number of guanidine groups is 1. The van der Waals surface area contributed by atoms with Crippen molar-refractivity contribution in [3.63, 3.8) is 0 Å². The first-order valence-electron chi connectivity index (χ1n) is 6.65. The summed E-state index contributed by atoms with van der Waals surface area (Å²) in [5, 5.41) is 3.20. The van der Waals surface area contributed by atoms with E-state index in [0.717, 1.165) is 11.0 Å². The monoisotopic (exact) mass is 323 g/mol. The summed E-state index contributed by atoms with van der Waals surface area (Å²) in [5.41, 5.74) is 7.45. The number of nitrogens with one attached hydrogen (secondary N) is 1. The molecule has 19 heavy (non-hydrogen) atoms. The topological polar surface area (TPSA) is 50.4 Å². The van der Waals surface area contributed by atoms with Gasteiger partial charge in [-0.2, -0.15) is 0 Å². The van der Waals surface area contributed by atoms with Gasteiger partial charge >= 0.3 is 0 Å².